The molecule has 0 saturated carbocycles. The van der Waals surface area contributed by atoms with Gasteiger partial charge < -0.3 is 52.8 Å². The van der Waals surface area contributed by atoms with Crippen molar-refractivity contribution in [1.82, 2.24) is 37.2 Å². The van der Waals surface area contributed by atoms with E-state index >= 15 is 0 Å². The van der Waals surface area contributed by atoms with Crippen LogP contribution in [0.2, 0.25) is 0 Å². The van der Waals surface area contributed by atoms with Crippen molar-refractivity contribution in [3.8, 4) is 0 Å². The Bertz CT molecular complexity index is 1790. The summed E-state index contributed by atoms with van der Waals surface area (Å²) in [6.45, 7) is 21.8. The zero-order valence-corrected chi connectivity index (χ0v) is 45.4. The maximum absolute atomic E-state index is 14.1. The Morgan fingerprint density at radius 3 is 1.40 bits per heavy atom. The summed E-state index contributed by atoms with van der Waals surface area (Å²) in [5.74, 6) is -9.83. The number of carbonyl (C=O) groups excluding carboxylic acids is 9. The molecule has 1 aliphatic heterocycles. The topological polar surface area (TPSA) is 310 Å². The minimum absolute atomic E-state index is 0.0434. The fourth-order valence-electron chi connectivity index (χ4n) is 8.34. The summed E-state index contributed by atoms with van der Waals surface area (Å²) in [6, 6.07) is -9.50. The molecule has 1 rings (SSSR count). The first-order valence-corrected chi connectivity index (χ1v) is 26.5. The third-order valence-electron chi connectivity index (χ3n) is 12.7. The van der Waals surface area contributed by atoms with Crippen LogP contribution in [0, 0.1) is 35.5 Å². The highest BCUT2D eigenvalue weighted by Crippen LogP contribution is 2.19. The SMILES string of the molecule is CC[C@H](C)CCCCCCCC[C@@H]1CC(=O)N[C@@H](CCC(N)=O)C(=O)N[C@@H](CC(C)C)C(=O)N[C@H](CC(C)C)C(=O)N[C@@H](C(C)C)C(=O)N[C@@H](CC(=O)O)C(=O)N[C@H](CC(C)C)C(=O)N[C@@H](C(C)C)C(=O)O1. The fourth-order valence-corrected chi connectivity index (χ4v) is 8.34. The summed E-state index contributed by atoms with van der Waals surface area (Å²) in [7, 11) is 0. The lowest BCUT2D eigenvalue weighted by Gasteiger charge is -2.29. The van der Waals surface area contributed by atoms with Crippen LogP contribution in [0.3, 0.4) is 0 Å². The number of cyclic esters (lactones) is 1. The Labute approximate surface area is 428 Å². The summed E-state index contributed by atoms with van der Waals surface area (Å²) in [5, 5.41) is 28.3. The normalized spacial score (nSPS) is 24.6. The first-order chi connectivity index (χ1) is 33.6. The minimum Gasteiger partial charge on any atom is -0.481 e. The number of carboxylic acid groups (broad SMARTS) is 1. The van der Waals surface area contributed by atoms with Crippen LogP contribution in [0.5, 0.6) is 0 Å². The number of ether oxygens (including phenoxy) is 1. The van der Waals surface area contributed by atoms with Crippen LogP contribution in [-0.4, -0.2) is 113 Å². The van der Waals surface area contributed by atoms with Gasteiger partial charge in [-0.25, -0.2) is 4.79 Å². The summed E-state index contributed by atoms with van der Waals surface area (Å²) < 4.78 is 6.02. The standard InChI is InChI=1S/C52H92N8O12/c1-13-34(12)20-18-16-14-15-17-19-21-35-27-42(62)54-36(22-23-41(53)61)46(65)55-37(24-29(2)3)47(66)56-38(25-30(4)5)49(68)59-44(32(8)9)51(70)58-40(28-43(63)64)48(67)57-39(26-31(6)7)50(69)60-45(33(10)11)52(71)72-35/h29-40,44-45H,13-28H2,1-12H3,(H2,53,61)(H,54,62)(H,55,65)(H,56,66)(H,57,67)(H,58,70)(H,59,68)(H,60,69)(H,63,64)/t34-,35+,36-,37-,38+,39+,40-,44-,45-/m0/s1. The summed E-state index contributed by atoms with van der Waals surface area (Å²) in [6.07, 6.45) is 5.41. The van der Waals surface area contributed by atoms with Crippen LogP contribution in [0.1, 0.15) is 186 Å². The van der Waals surface area contributed by atoms with Gasteiger partial charge in [0, 0.05) is 6.42 Å². The molecule has 72 heavy (non-hydrogen) atoms. The minimum atomic E-state index is -1.72. The van der Waals surface area contributed by atoms with Crippen molar-refractivity contribution in [3.05, 3.63) is 0 Å². The fraction of sp³-hybridized carbons (Fsp3) is 0.808. The van der Waals surface area contributed by atoms with Gasteiger partial charge in [-0.2, -0.15) is 0 Å². The first kappa shape index (κ1) is 64.7. The number of nitrogens with one attached hydrogen (secondary N) is 7. The van der Waals surface area contributed by atoms with Crippen molar-refractivity contribution in [2.24, 2.45) is 41.2 Å². The number of esters is 1. The lowest BCUT2D eigenvalue weighted by atomic mass is 9.98. The monoisotopic (exact) mass is 1020 g/mol. The number of amides is 8. The van der Waals surface area contributed by atoms with Gasteiger partial charge in [-0.05, 0) is 74.0 Å². The molecule has 0 bridgehead atoms. The van der Waals surface area contributed by atoms with Crippen molar-refractivity contribution < 1.29 is 57.8 Å². The van der Waals surface area contributed by atoms with E-state index in [1.165, 1.54) is 0 Å². The highest BCUT2D eigenvalue weighted by Gasteiger charge is 2.37. The average molecular weight is 1020 g/mol. The van der Waals surface area contributed by atoms with Gasteiger partial charge in [0.05, 0.1) is 12.8 Å². The second-order valence-electron chi connectivity index (χ2n) is 21.8. The van der Waals surface area contributed by atoms with Crippen LogP contribution in [0.15, 0.2) is 0 Å². The Morgan fingerprint density at radius 1 is 0.542 bits per heavy atom. The van der Waals surface area contributed by atoms with Crippen LogP contribution < -0.4 is 43.0 Å². The van der Waals surface area contributed by atoms with E-state index in [4.69, 9.17) is 10.5 Å². The van der Waals surface area contributed by atoms with E-state index in [1.807, 2.05) is 27.7 Å². The van der Waals surface area contributed by atoms with Gasteiger partial charge in [-0.1, -0.05) is 128 Å². The number of nitrogens with two attached hydrogens (primary N) is 1. The molecule has 412 valence electrons. The van der Waals surface area contributed by atoms with E-state index in [9.17, 15) is 53.1 Å². The van der Waals surface area contributed by atoms with Crippen molar-refractivity contribution in [2.75, 3.05) is 0 Å². The Morgan fingerprint density at radius 2 is 0.958 bits per heavy atom. The molecule has 8 amide bonds. The van der Waals surface area contributed by atoms with E-state index in [2.05, 4.69) is 51.1 Å². The predicted molar refractivity (Wildman–Crippen MR) is 273 cm³/mol. The largest absolute Gasteiger partial charge is 0.481 e. The molecule has 20 nitrogen and oxygen atoms in total. The van der Waals surface area contributed by atoms with E-state index < -0.39 is 132 Å². The van der Waals surface area contributed by atoms with Gasteiger partial charge in [0.1, 0.15) is 48.4 Å². The molecular formula is C52H92N8O12. The van der Waals surface area contributed by atoms with Crippen molar-refractivity contribution >= 4 is 59.2 Å². The first-order valence-electron chi connectivity index (χ1n) is 26.5. The molecule has 0 aromatic rings. The van der Waals surface area contributed by atoms with E-state index in [0.29, 0.717) is 12.3 Å². The van der Waals surface area contributed by atoms with Gasteiger partial charge >= 0.3 is 11.9 Å². The van der Waals surface area contributed by atoms with Crippen molar-refractivity contribution in [3.63, 3.8) is 0 Å². The Balaban J connectivity index is 3.93. The molecule has 1 heterocycles. The highest BCUT2D eigenvalue weighted by molar-refractivity contribution is 5.98. The molecule has 10 N–H and O–H groups in total. The van der Waals surface area contributed by atoms with Gasteiger partial charge in [0.15, 0.2) is 0 Å². The number of carbonyl (C=O) groups is 10. The molecule has 0 aliphatic carbocycles. The molecule has 20 heteroatoms. The number of hydrogen-bond donors (Lipinski definition) is 9. The molecule has 0 aromatic heterocycles. The Hall–Kier alpha value is -5.30. The number of aliphatic carboxylic acids is 1. The summed E-state index contributed by atoms with van der Waals surface area (Å²) >= 11 is 0. The Kier molecular flexibility index (Phi) is 30.0. The third kappa shape index (κ3) is 25.9. The van der Waals surface area contributed by atoms with Crippen LogP contribution >= 0.6 is 0 Å². The average Bonchev–Trinajstić information content (AvgIpc) is 3.26. The molecule has 1 aliphatic rings. The second kappa shape index (κ2) is 33.4. The zero-order valence-electron chi connectivity index (χ0n) is 45.4. The maximum Gasteiger partial charge on any atom is 0.329 e. The highest BCUT2D eigenvalue weighted by atomic mass is 16.5. The molecule has 0 spiro atoms. The van der Waals surface area contributed by atoms with E-state index in [1.54, 1.807) is 41.5 Å². The number of unbranched alkanes of at least 4 members (excludes halogenated alkanes) is 5. The lowest BCUT2D eigenvalue weighted by molar-refractivity contribution is -0.156. The molecule has 0 radical (unpaired) electrons. The summed E-state index contributed by atoms with van der Waals surface area (Å²) in [4.78, 5) is 137. The molecule has 0 unspecified atom stereocenters. The van der Waals surface area contributed by atoms with Gasteiger partial charge in [0.25, 0.3) is 0 Å². The summed E-state index contributed by atoms with van der Waals surface area (Å²) in [5.41, 5.74) is 5.48. The molecular weight excluding hydrogens is 929 g/mol. The van der Waals surface area contributed by atoms with Crippen molar-refractivity contribution in [1.29, 1.82) is 0 Å². The molecule has 9 atom stereocenters. The molecule has 1 fully saturated rings. The maximum atomic E-state index is 14.1. The number of carboxylic acids is 1. The number of rotatable bonds is 23. The molecule has 0 aromatic carbocycles. The van der Waals surface area contributed by atoms with Gasteiger partial charge in [-0.15, -0.1) is 0 Å². The quantitative estimate of drug-likeness (QED) is 0.0517. The lowest BCUT2D eigenvalue weighted by Crippen LogP contribution is -2.61. The second-order valence-corrected chi connectivity index (χ2v) is 21.8. The number of hydrogen-bond acceptors (Lipinski definition) is 11. The third-order valence-corrected chi connectivity index (χ3v) is 12.7. The van der Waals surface area contributed by atoms with Crippen LogP contribution in [-0.2, 0) is 52.7 Å². The van der Waals surface area contributed by atoms with E-state index in [-0.39, 0.29) is 56.3 Å². The van der Waals surface area contributed by atoms with Gasteiger partial charge in [0.2, 0.25) is 47.3 Å². The number of primary amides is 1. The predicted octanol–water partition coefficient (Wildman–Crippen LogP) is 4.05. The molecule has 1 saturated heterocycles. The van der Waals surface area contributed by atoms with Crippen LogP contribution in [0.25, 0.3) is 0 Å². The van der Waals surface area contributed by atoms with Crippen molar-refractivity contribution in [2.45, 2.75) is 234 Å². The zero-order chi connectivity index (χ0) is 54.8. The van der Waals surface area contributed by atoms with Crippen LogP contribution in [0.4, 0.5) is 0 Å². The van der Waals surface area contributed by atoms with Gasteiger partial charge in [-0.3, -0.25) is 43.2 Å². The smallest absolute Gasteiger partial charge is 0.329 e. The van der Waals surface area contributed by atoms with E-state index in [0.717, 1.165) is 44.9 Å².